The SMILES string of the molecule is CCNC(=NCc1ccc(C)cc1OCC1CC1)NCC(C)(C)CO.I. The van der Waals surface area contributed by atoms with Gasteiger partial charge in [-0.15, -0.1) is 24.0 Å². The lowest BCUT2D eigenvalue weighted by molar-refractivity contribution is 0.162. The summed E-state index contributed by atoms with van der Waals surface area (Å²) in [4.78, 5) is 4.69. The Morgan fingerprint density at radius 2 is 2.04 bits per heavy atom. The van der Waals surface area contributed by atoms with Gasteiger partial charge in [-0.3, -0.25) is 0 Å². The predicted molar refractivity (Wildman–Crippen MR) is 118 cm³/mol. The fourth-order valence-electron chi connectivity index (χ4n) is 2.30. The topological polar surface area (TPSA) is 65.9 Å². The number of nitrogens with zero attached hydrogens (tertiary/aromatic N) is 1. The number of aliphatic imine (C=N–C) groups is 1. The number of aliphatic hydroxyl groups is 1. The zero-order chi connectivity index (χ0) is 18.3. The minimum absolute atomic E-state index is 0. The Bertz CT molecular complexity index is 586. The molecule has 1 fully saturated rings. The first kappa shape index (κ1) is 23.0. The van der Waals surface area contributed by atoms with Crippen molar-refractivity contribution < 1.29 is 9.84 Å². The Hall–Kier alpha value is -1.02. The molecule has 3 N–H and O–H groups in total. The molecule has 26 heavy (non-hydrogen) atoms. The molecule has 5 nitrogen and oxygen atoms in total. The molecule has 6 heteroatoms. The number of guanidine groups is 1. The van der Waals surface area contributed by atoms with Crippen molar-refractivity contribution >= 4 is 29.9 Å². The standard InChI is InChI=1S/C20H33N3O2.HI/c1-5-21-19(23-13-20(3,4)14-24)22-11-17-9-6-15(2)10-18(17)25-12-16-7-8-16;/h6,9-10,16,24H,5,7-8,11-14H2,1-4H3,(H2,21,22,23);1H. The maximum Gasteiger partial charge on any atom is 0.191 e. The van der Waals surface area contributed by atoms with Crippen LogP contribution in [0.2, 0.25) is 0 Å². The number of hydrogen-bond donors (Lipinski definition) is 3. The van der Waals surface area contributed by atoms with E-state index in [2.05, 4.69) is 40.7 Å². The number of aliphatic hydroxyl groups excluding tert-OH is 1. The van der Waals surface area contributed by atoms with E-state index in [-0.39, 0.29) is 36.0 Å². The average molecular weight is 475 g/mol. The van der Waals surface area contributed by atoms with Crippen molar-refractivity contribution in [1.82, 2.24) is 10.6 Å². The lowest BCUT2D eigenvalue weighted by Gasteiger charge is -2.23. The molecule has 0 spiro atoms. The highest BCUT2D eigenvalue weighted by atomic mass is 127. The van der Waals surface area contributed by atoms with Gasteiger partial charge in [0.05, 0.1) is 13.2 Å². The van der Waals surface area contributed by atoms with Crippen molar-refractivity contribution in [3.8, 4) is 5.75 Å². The van der Waals surface area contributed by atoms with Crippen LogP contribution in [-0.4, -0.2) is 37.4 Å². The van der Waals surface area contributed by atoms with E-state index >= 15 is 0 Å². The van der Waals surface area contributed by atoms with E-state index in [4.69, 9.17) is 4.74 Å². The molecule has 0 amide bonds. The molecule has 0 heterocycles. The van der Waals surface area contributed by atoms with Crippen LogP contribution >= 0.6 is 24.0 Å². The Labute approximate surface area is 175 Å². The van der Waals surface area contributed by atoms with Crippen molar-refractivity contribution in [2.45, 2.75) is 47.1 Å². The van der Waals surface area contributed by atoms with E-state index in [0.717, 1.165) is 36.3 Å². The summed E-state index contributed by atoms with van der Waals surface area (Å²) in [6.07, 6.45) is 2.57. The van der Waals surface area contributed by atoms with E-state index in [1.807, 2.05) is 20.8 Å². The van der Waals surface area contributed by atoms with Gasteiger partial charge in [0.15, 0.2) is 5.96 Å². The molecule has 148 valence electrons. The normalized spacial score (nSPS) is 14.6. The summed E-state index contributed by atoms with van der Waals surface area (Å²) in [5.41, 5.74) is 2.12. The van der Waals surface area contributed by atoms with Crippen LogP contribution in [0.5, 0.6) is 5.75 Å². The molecule has 1 aliphatic rings. The van der Waals surface area contributed by atoms with Gasteiger partial charge < -0.3 is 20.5 Å². The Kier molecular flexibility index (Phi) is 9.71. The third-order valence-electron chi connectivity index (χ3n) is 4.31. The predicted octanol–water partition coefficient (Wildman–Crippen LogP) is 3.48. The first-order valence-corrected chi connectivity index (χ1v) is 9.29. The highest BCUT2D eigenvalue weighted by molar-refractivity contribution is 14.0. The molecule has 0 bridgehead atoms. The van der Waals surface area contributed by atoms with Gasteiger partial charge in [-0.2, -0.15) is 0 Å². The quantitative estimate of drug-likeness (QED) is 0.291. The lowest BCUT2D eigenvalue weighted by atomic mass is 9.95. The molecule has 1 aliphatic carbocycles. The van der Waals surface area contributed by atoms with Gasteiger partial charge in [0.2, 0.25) is 0 Å². The van der Waals surface area contributed by atoms with Crippen LogP contribution in [0.3, 0.4) is 0 Å². The lowest BCUT2D eigenvalue weighted by Crippen LogP contribution is -2.43. The monoisotopic (exact) mass is 475 g/mol. The van der Waals surface area contributed by atoms with Gasteiger partial charge >= 0.3 is 0 Å². The second kappa shape index (κ2) is 11.0. The van der Waals surface area contributed by atoms with Gasteiger partial charge in [-0.25, -0.2) is 4.99 Å². The number of nitrogens with one attached hydrogen (secondary N) is 2. The number of aryl methyl sites for hydroxylation is 1. The molecular weight excluding hydrogens is 441 g/mol. The molecule has 0 aliphatic heterocycles. The molecule has 0 saturated heterocycles. The van der Waals surface area contributed by atoms with Crippen LogP contribution in [0.25, 0.3) is 0 Å². The number of ether oxygens (including phenoxy) is 1. The first-order valence-electron chi connectivity index (χ1n) is 9.29. The van der Waals surface area contributed by atoms with E-state index in [1.54, 1.807) is 0 Å². The molecule has 0 unspecified atom stereocenters. The van der Waals surface area contributed by atoms with Crippen molar-refractivity contribution in [3.63, 3.8) is 0 Å². The Morgan fingerprint density at radius 3 is 2.65 bits per heavy atom. The second-order valence-electron chi connectivity index (χ2n) is 7.74. The van der Waals surface area contributed by atoms with Gasteiger partial charge in [0.1, 0.15) is 5.75 Å². The summed E-state index contributed by atoms with van der Waals surface area (Å²) < 4.78 is 6.02. The summed E-state index contributed by atoms with van der Waals surface area (Å²) in [6.45, 7) is 11.1. The highest BCUT2D eigenvalue weighted by Gasteiger charge is 2.22. The Morgan fingerprint density at radius 1 is 1.31 bits per heavy atom. The summed E-state index contributed by atoms with van der Waals surface area (Å²) in [6, 6.07) is 6.30. The number of hydrogen-bond acceptors (Lipinski definition) is 3. The fraction of sp³-hybridized carbons (Fsp3) is 0.650. The average Bonchev–Trinajstić information content (AvgIpc) is 3.41. The van der Waals surface area contributed by atoms with E-state index in [9.17, 15) is 5.11 Å². The van der Waals surface area contributed by atoms with E-state index in [1.165, 1.54) is 18.4 Å². The largest absolute Gasteiger partial charge is 0.493 e. The van der Waals surface area contributed by atoms with Crippen molar-refractivity contribution in [2.24, 2.45) is 16.3 Å². The Balaban J connectivity index is 0.00000338. The molecule has 0 aromatic heterocycles. The van der Waals surface area contributed by atoms with Crippen molar-refractivity contribution in [3.05, 3.63) is 29.3 Å². The molecule has 0 atom stereocenters. The minimum atomic E-state index is -0.182. The smallest absolute Gasteiger partial charge is 0.191 e. The van der Waals surface area contributed by atoms with Gasteiger partial charge in [0.25, 0.3) is 0 Å². The van der Waals surface area contributed by atoms with Crippen LogP contribution < -0.4 is 15.4 Å². The van der Waals surface area contributed by atoms with Crippen LogP contribution in [0.15, 0.2) is 23.2 Å². The van der Waals surface area contributed by atoms with Crippen LogP contribution in [0, 0.1) is 18.3 Å². The van der Waals surface area contributed by atoms with E-state index in [0.29, 0.717) is 13.1 Å². The second-order valence-corrected chi connectivity index (χ2v) is 7.74. The zero-order valence-electron chi connectivity index (χ0n) is 16.5. The van der Waals surface area contributed by atoms with Crippen LogP contribution in [0.4, 0.5) is 0 Å². The highest BCUT2D eigenvalue weighted by Crippen LogP contribution is 2.30. The summed E-state index contributed by atoms with van der Waals surface area (Å²) in [5.74, 6) is 2.44. The first-order chi connectivity index (χ1) is 11.9. The van der Waals surface area contributed by atoms with Crippen molar-refractivity contribution in [2.75, 3.05) is 26.3 Å². The molecule has 1 aromatic carbocycles. The maximum absolute atomic E-state index is 9.40. The van der Waals surface area contributed by atoms with Gasteiger partial charge in [-0.1, -0.05) is 26.0 Å². The van der Waals surface area contributed by atoms with Crippen LogP contribution in [0.1, 0.15) is 44.7 Å². The zero-order valence-corrected chi connectivity index (χ0v) is 18.8. The fourth-order valence-corrected chi connectivity index (χ4v) is 2.30. The third kappa shape index (κ3) is 8.12. The molecule has 1 aromatic rings. The number of halogens is 1. The molecule has 0 radical (unpaired) electrons. The molecule has 1 saturated carbocycles. The summed E-state index contributed by atoms with van der Waals surface area (Å²) >= 11 is 0. The van der Waals surface area contributed by atoms with Crippen molar-refractivity contribution in [1.29, 1.82) is 0 Å². The number of benzene rings is 1. The molecule has 2 rings (SSSR count). The number of rotatable bonds is 9. The van der Waals surface area contributed by atoms with Gasteiger partial charge in [0, 0.05) is 30.7 Å². The molecular formula is C20H34IN3O2. The summed E-state index contributed by atoms with van der Waals surface area (Å²) in [5, 5.41) is 16.0. The van der Waals surface area contributed by atoms with E-state index < -0.39 is 0 Å². The summed E-state index contributed by atoms with van der Waals surface area (Å²) in [7, 11) is 0. The van der Waals surface area contributed by atoms with Gasteiger partial charge in [-0.05, 0) is 44.2 Å². The third-order valence-corrected chi connectivity index (χ3v) is 4.31. The maximum atomic E-state index is 9.40. The van der Waals surface area contributed by atoms with Crippen LogP contribution in [-0.2, 0) is 6.54 Å². The minimum Gasteiger partial charge on any atom is -0.493 e.